The first kappa shape index (κ1) is 34.7. The number of hydrogen-bond donors (Lipinski definition) is 0. The Morgan fingerprint density at radius 1 is 0.464 bits per heavy atom. The molecule has 0 N–H and O–H groups in total. The van der Waals surface area contributed by atoms with Crippen molar-refractivity contribution in [3.05, 3.63) is 162 Å². The highest BCUT2D eigenvalue weighted by Crippen LogP contribution is 2.69. The first-order valence-electron chi connectivity index (χ1n) is 21.3. The number of nitrogens with zero attached hydrogens (tertiary/aromatic N) is 1. The summed E-state index contributed by atoms with van der Waals surface area (Å²) >= 11 is 2.03. The molecule has 56 heavy (non-hydrogen) atoms. The molecule has 6 aromatic carbocycles. The van der Waals surface area contributed by atoms with Gasteiger partial charge >= 0.3 is 0 Å². The maximum atomic E-state index is 2.67. The van der Waals surface area contributed by atoms with Gasteiger partial charge in [-0.2, -0.15) is 0 Å². The van der Waals surface area contributed by atoms with Gasteiger partial charge in [-0.25, -0.2) is 0 Å². The van der Waals surface area contributed by atoms with Crippen molar-refractivity contribution in [3.63, 3.8) is 0 Å². The van der Waals surface area contributed by atoms with E-state index in [4.69, 9.17) is 0 Å². The van der Waals surface area contributed by atoms with E-state index >= 15 is 0 Å². The van der Waals surface area contributed by atoms with Gasteiger partial charge in [0.05, 0.1) is 0 Å². The summed E-state index contributed by atoms with van der Waals surface area (Å²) in [5.74, 6) is 3.16. The molecular formula is C54H53NS. The summed E-state index contributed by atoms with van der Waals surface area (Å²) in [6.45, 7) is 9.79. The van der Waals surface area contributed by atoms with Crippen molar-refractivity contribution >= 4 is 28.8 Å². The number of rotatable bonds is 5. The molecule has 0 aromatic heterocycles. The van der Waals surface area contributed by atoms with Gasteiger partial charge in [-0.15, -0.1) is 0 Å². The minimum atomic E-state index is 0.0365. The molecule has 0 atom stereocenters. The summed E-state index contributed by atoms with van der Waals surface area (Å²) in [7, 11) is 0. The Balaban J connectivity index is 1.11. The van der Waals surface area contributed by atoms with Crippen molar-refractivity contribution in [1.82, 2.24) is 0 Å². The molecule has 4 fully saturated rings. The molecule has 4 bridgehead atoms. The highest BCUT2D eigenvalue weighted by Gasteiger charge is 2.61. The zero-order valence-corrected chi connectivity index (χ0v) is 34.2. The summed E-state index contributed by atoms with van der Waals surface area (Å²) in [6, 6.07) is 53.6. The zero-order valence-electron chi connectivity index (χ0n) is 33.4. The second-order valence-electron chi connectivity index (χ2n) is 19.3. The van der Waals surface area contributed by atoms with E-state index in [1.54, 1.807) is 11.1 Å². The summed E-state index contributed by atoms with van der Waals surface area (Å²) in [4.78, 5) is 5.54. The Hall–Kier alpha value is -4.53. The van der Waals surface area contributed by atoms with Gasteiger partial charge < -0.3 is 4.90 Å². The molecule has 6 aromatic rings. The van der Waals surface area contributed by atoms with Crippen molar-refractivity contribution in [3.8, 4) is 22.3 Å². The van der Waals surface area contributed by atoms with Crippen LogP contribution in [0.5, 0.6) is 0 Å². The molecule has 2 heteroatoms. The lowest BCUT2D eigenvalue weighted by Crippen LogP contribution is -2.57. The highest BCUT2D eigenvalue weighted by molar-refractivity contribution is 7.99. The van der Waals surface area contributed by atoms with E-state index in [0.29, 0.717) is 11.8 Å². The van der Waals surface area contributed by atoms with Crippen molar-refractivity contribution < 1.29 is 0 Å². The zero-order chi connectivity index (χ0) is 37.8. The van der Waals surface area contributed by atoms with Crippen molar-refractivity contribution in [2.24, 2.45) is 23.7 Å². The Morgan fingerprint density at radius 2 is 1.02 bits per heavy atom. The first-order valence-corrected chi connectivity index (χ1v) is 22.1. The van der Waals surface area contributed by atoms with Gasteiger partial charge in [-0.05, 0) is 166 Å². The van der Waals surface area contributed by atoms with Gasteiger partial charge in [0.2, 0.25) is 0 Å². The van der Waals surface area contributed by atoms with E-state index in [1.807, 2.05) is 11.8 Å². The van der Waals surface area contributed by atoms with E-state index in [0.717, 1.165) is 11.8 Å². The van der Waals surface area contributed by atoms with E-state index in [-0.39, 0.29) is 16.2 Å². The Kier molecular flexibility index (Phi) is 7.89. The van der Waals surface area contributed by atoms with E-state index in [1.165, 1.54) is 105 Å². The van der Waals surface area contributed by atoms with Crippen molar-refractivity contribution in [2.45, 2.75) is 98.7 Å². The van der Waals surface area contributed by atoms with Crippen LogP contribution in [0, 0.1) is 23.7 Å². The predicted molar refractivity (Wildman–Crippen MR) is 236 cm³/mol. The topological polar surface area (TPSA) is 3.24 Å². The summed E-state index contributed by atoms with van der Waals surface area (Å²) in [5, 5.41) is 0. The van der Waals surface area contributed by atoms with Gasteiger partial charge in [-0.3, -0.25) is 0 Å². The average molecular weight is 748 g/mol. The maximum absolute atomic E-state index is 2.67. The number of anilines is 3. The van der Waals surface area contributed by atoms with E-state index in [9.17, 15) is 0 Å². The smallest absolute Gasteiger partial charge is 0.0465 e. The molecule has 5 aliphatic carbocycles. The molecule has 0 saturated heterocycles. The van der Waals surface area contributed by atoms with Crippen LogP contribution < -0.4 is 4.90 Å². The minimum absolute atomic E-state index is 0.0365. The molecule has 1 nitrogen and oxygen atoms in total. The largest absolute Gasteiger partial charge is 0.310 e. The van der Waals surface area contributed by atoms with Gasteiger partial charge in [0, 0.05) is 32.3 Å². The van der Waals surface area contributed by atoms with Crippen LogP contribution in [0.3, 0.4) is 0 Å². The van der Waals surface area contributed by atoms with Crippen LogP contribution >= 0.6 is 11.8 Å². The fourth-order valence-corrected chi connectivity index (χ4v) is 13.9. The molecule has 0 amide bonds. The van der Waals surface area contributed by atoms with Crippen LogP contribution in [0.1, 0.15) is 94.9 Å². The van der Waals surface area contributed by atoms with Crippen LogP contribution in [0.15, 0.2) is 149 Å². The SMILES string of the molecule is CC1(C)CCC(C)(C)c2cc(N(c3ccc(-c4ccccc4)cc3)c3ccc4c(c3)C3(c5cccc(-c6ccccc6)c5S4)C4CC5CC(C4)CC3C5)ccc21. The summed E-state index contributed by atoms with van der Waals surface area (Å²) in [6.07, 6.45) is 9.37. The first-order chi connectivity index (χ1) is 27.2. The standard InChI is InChI=1S/C54H53NS/c1-52(2)26-27-53(3,4)48-33-43(22-24-46(48)52)55(42-20-18-38(19-21-42)37-12-7-5-8-13-37)44-23-25-50-49(34-44)54(40-29-35-28-36(31-40)32-41(54)30-35)47-17-11-16-45(51(47)56-50)39-14-9-6-10-15-39/h5-25,33-36,40-41H,26-32H2,1-4H3. The Bertz CT molecular complexity index is 2430. The third-order valence-electron chi connectivity index (χ3n) is 15.2. The number of benzene rings is 6. The van der Waals surface area contributed by atoms with Gasteiger partial charge in [-0.1, -0.05) is 137 Å². The second kappa shape index (κ2) is 12.7. The molecule has 6 aliphatic rings. The second-order valence-corrected chi connectivity index (χ2v) is 20.3. The predicted octanol–water partition coefficient (Wildman–Crippen LogP) is 15.0. The molecule has 0 unspecified atom stereocenters. The van der Waals surface area contributed by atoms with Gasteiger partial charge in [0.1, 0.15) is 0 Å². The fourth-order valence-electron chi connectivity index (χ4n) is 12.5. The van der Waals surface area contributed by atoms with Crippen molar-refractivity contribution in [1.29, 1.82) is 0 Å². The molecule has 1 heterocycles. The molecular weight excluding hydrogens is 695 g/mol. The molecule has 1 aliphatic heterocycles. The normalized spacial score (nSPS) is 26.0. The average Bonchev–Trinajstić information content (AvgIpc) is 3.22. The molecule has 1 spiro atoms. The maximum Gasteiger partial charge on any atom is 0.0465 e. The van der Waals surface area contributed by atoms with Crippen LogP contribution in [-0.2, 0) is 16.2 Å². The van der Waals surface area contributed by atoms with Crippen LogP contribution in [0.25, 0.3) is 22.3 Å². The van der Waals surface area contributed by atoms with Crippen molar-refractivity contribution in [2.75, 3.05) is 4.90 Å². The lowest BCUT2D eigenvalue weighted by molar-refractivity contribution is -0.0443. The minimum Gasteiger partial charge on any atom is -0.310 e. The van der Waals surface area contributed by atoms with E-state index < -0.39 is 0 Å². The van der Waals surface area contributed by atoms with Crippen LogP contribution in [0.4, 0.5) is 17.1 Å². The fraction of sp³-hybridized carbons (Fsp3) is 0.333. The highest BCUT2D eigenvalue weighted by atomic mass is 32.2. The summed E-state index contributed by atoms with van der Waals surface area (Å²) < 4.78 is 0. The van der Waals surface area contributed by atoms with Gasteiger partial charge in [0.15, 0.2) is 0 Å². The Labute approximate surface area is 338 Å². The lowest BCUT2D eigenvalue weighted by atomic mass is 9.42. The van der Waals surface area contributed by atoms with Gasteiger partial charge in [0.25, 0.3) is 0 Å². The van der Waals surface area contributed by atoms with E-state index in [2.05, 4.69) is 172 Å². The quantitative estimate of drug-likeness (QED) is 0.173. The molecule has 0 radical (unpaired) electrons. The molecule has 12 rings (SSSR count). The lowest BCUT2D eigenvalue weighted by Gasteiger charge is -2.63. The molecule has 4 saturated carbocycles. The number of fused-ring (bicyclic) bond motifs is 3. The van der Waals surface area contributed by atoms with Crippen LogP contribution in [0.2, 0.25) is 0 Å². The Morgan fingerprint density at radius 3 is 1.68 bits per heavy atom. The van der Waals surface area contributed by atoms with Crippen LogP contribution in [-0.4, -0.2) is 0 Å². The number of hydrogen-bond acceptors (Lipinski definition) is 2. The third-order valence-corrected chi connectivity index (χ3v) is 16.4. The monoisotopic (exact) mass is 747 g/mol. The summed E-state index contributed by atoms with van der Waals surface area (Å²) in [5.41, 5.74) is 15.5. The third kappa shape index (κ3) is 5.27. The molecule has 280 valence electrons.